The molecule has 0 amide bonds. The summed E-state index contributed by atoms with van der Waals surface area (Å²) in [6, 6.07) is 63.5. The monoisotopic (exact) mass is 653 g/mol. The fourth-order valence-electron chi connectivity index (χ4n) is 8.59. The van der Waals surface area contributed by atoms with E-state index in [0.717, 1.165) is 44.4 Å². The van der Waals surface area contributed by atoms with Crippen molar-refractivity contribution >= 4 is 49.8 Å². The van der Waals surface area contributed by atoms with E-state index < -0.39 is 0 Å². The van der Waals surface area contributed by atoms with Crippen LogP contribution >= 0.6 is 0 Å². The standard InChI is InChI=1S/C49H35NO/c1-49(2)42-26-13-11-23-41(42)45-44(33-30-28-32(29-31-33)36-24-15-25-40-37-20-12-14-27-43(37)51-48(36)40)47(39-22-10-9-21-38(39)46(45)49)50(34-16-5-3-6-17-34)35-18-7-4-8-19-35/h3-31H,1-2H3. The highest BCUT2D eigenvalue weighted by Crippen LogP contribution is 2.59. The number of hydrogen-bond donors (Lipinski definition) is 0. The van der Waals surface area contributed by atoms with Crippen LogP contribution < -0.4 is 4.90 Å². The molecule has 0 saturated carbocycles. The van der Waals surface area contributed by atoms with Crippen molar-refractivity contribution in [1.82, 2.24) is 0 Å². The lowest BCUT2D eigenvalue weighted by molar-refractivity contribution is 0.666. The molecule has 0 saturated heterocycles. The Bertz CT molecular complexity index is 2720. The molecule has 1 heterocycles. The zero-order chi connectivity index (χ0) is 34.1. The van der Waals surface area contributed by atoms with Crippen LogP contribution in [0.1, 0.15) is 25.0 Å². The van der Waals surface area contributed by atoms with Crippen LogP contribution in [-0.4, -0.2) is 0 Å². The average Bonchev–Trinajstić information content (AvgIpc) is 3.68. The van der Waals surface area contributed by atoms with Crippen molar-refractivity contribution in [3.05, 3.63) is 187 Å². The lowest BCUT2D eigenvalue weighted by atomic mass is 9.78. The molecular weight excluding hydrogens is 619 g/mol. The second-order valence-corrected chi connectivity index (χ2v) is 14.1. The number of anilines is 3. The van der Waals surface area contributed by atoms with Gasteiger partial charge in [-0.3, -0.25) is 0 Å². The number of furan rings is 1. The molecule has 51 heavy (non-hydrogen) atoms. The van der Waals surface area contributed by atoms with E-state index in [0.29, 0.717) is 0 Å². The Morgan fingerprint density at radius 1 is 0.431 bits per heavy atom. The predicted molar refractivity (Wildman–Crippen MR) is 214 cm³/mol. The maximum Gasteiger partial charge on any atom is 0.143 e. The van der Waals surface area contributed by atoms with Crippen LogP contribution in [0.3, 0.4) is 0 Å². The minimum atomic E-state index is -0.181. The average molecular weight is 654 g/mol. The van der Waals surface area contributed by atoms with Gasteiger partial charge in [-0.25, -0.2) is 0 Å². The van der Waals surface area contributed by atoms with E-state index in [4.69, 9.17) is 4.42 Å². The summed E-state index contributed by atoms with van der Waals surface area (Å²) in [6.07, 6.45) is 0. The quantitative estimate of drug-likeness (QED) is 0.184. The molecule has 0 N–H and O–H groups in total. The van der Waals surface area contributed by atoms with Crippen LogP contribution in [0.5, 0.6) is 0 Å². The molecule has 0 bridgehead atoms. The van der Waals surface area contributed by atoms with E-state index in [1.807, 2.05) is 6.07 Å². The van der Waals surface area contributed by atoms with Gasteiger partial charge in [0.1, 0.15) is 11.2 Å². The smallest absolute Gasteiger partial charge is 0.143 e. The van der Waals surface area contributed by atoms with Crippen LogP contribution in [0.4, 0.5) is 17.1 Å². The van der Waals surface area contributed by atoms with Crippen molar-refractivity contribution in [3.8, 4) is 33.4 Å². The van der Waals surface area contributed by atoms with E-state index in [1.165, 1.54) is 49.8 Å². The molecule has 0 spiro atoms. The van der Waals surface area contributed by atoms with Gasteiger partial charge in [-0.15, -0.1) is 0 Å². The number of nitrogens with zero attached hydrogens (tertiary/aromatic N) is 1. The molecule has 2 nitrogen and oxygen atoms in total. The maximum atomic E-state index is 6.47. The maximum absolute atomic E-state index is 6.47. The van der Waals surface area contributed by atoms with Crippen molar-refractivity contribution in [1.29, 1.82) is 0 Å². The van der Waals surface area contributed by atoms with Crippen LogP contribution in [0.25, 0.3) is 66.1 Å². The predicted octanol–water partition coefficient (Wildman–Crippen LogP) is 13.8. The lowest BCUT2D eigenvalue weighted by Crippen LogP contribution is -2.17. The molecule has 0 unspecified atom stereocenters. The fraction of sp³-hybridized carbons (Fsp3) is 0.0612. The summed E-state index contributed by atoms with van der Waals surface area (Å²) in [6.45, 7) is 4.77. The third-order valence-corrected chi connectivity index (χ3v) is 10.8. The van der Waals surface area contributed by atoms with Crippen LogP contribution in [0, 0.1) is 0 Å². The first kappa shape index (κ1) is 29.5. The van der Waals surface area contributed by atoms with Crippen molar-refractivity contribution in [2.75, 3.05) is 4.90 Å². The Morgan fingerprint density at radius 2 is 0.980 bits per heavy atom. The van der Waals surface area contributed by atoms with Crippen molar-refractivity contribution in [2.24, 2.45) is 0 Å². The van der Waals surface area contributed by atoms with E-state index in [-0.39, 0.29) is 5.41 Å². The highest BCUT2D eigenvalue weighted by Gasteiger charge is 2.40. The minimum absolute atomic E-state index is 0.181. The van der Waals surface area contributed by atoms with Crippen LogP contribution in [-0.2, 0) is 5.41 Å². The molecule has 0 aliphatic heterocycles. The zero-order valence-corrected chi connectivity index (χ0v) is 28.6. The number of benzene rings is 8. The Hall–Kier alpha value is -6.38. The summed E-state index contributed by atoms with van der Waals surface area (Å²) < 4.78 is 6.47. The van der Waals surface area contributed by atoms with Crippen LogP contribution in [0.2, 0.25) is 0 Å². The number of rotatable bonds is 5. The Labute approximate surface area is 297 Å². The number of para-hydroxylation sites is 4. The molecule has 1 aliphatic carbocycles. The van der Waals surface area contributed by atoms with E-state index in [1.54, 1.807) is 0 Å². The summed E-state index contributed by atoms with van der Waals surface area (Å²) in [4.78, 5) is 2.45. The molecule has 242 valence electrons. The molecular formula is C49H35NO. The Balaban J connectivity index is 1.29. The van der Waals surface area contributed by atoms with Gasteiger partial charge in [0, 0.05) is 44.1 Å². The normalized spacial score (nSPS) is 13.1. The molecule has 1 aliphatic rings. The Kier molecular flexibility index (Phi) is 6.56. The largest absolute Gasteiger partial charge is 0.455 e. The summed E-state index contributed by atoms with van der Waals surface area (Å²) in [5.74, 6) is 0. The molecule has 9 aromatic rings. The summed E-state index contributed by atoms with van der Waals surface area (Å²) in [5, 5.41) is 4.81. The SMILES string of the molecule is CC1(C)c2ccccc2-c2c(-c3ccc(-c4cccc5c4oc4ccccc45)cc3)c(N(c3ccccc3)c3ccccc3)c3ccccc3c21. The van der Waals surface area contributed by atoms with Gasteiger partial charge >= 0.3 is 0 Å². The third kappa shape index (κ3) is 4.43. The second kappa shape index (κ2) is 11.3. The van der Waals surface area contributed by atoms with Gasteiger partial charge in [0.25, 0.3) is 0 Å². The van der Waals surface area contributed by atoms with Gasteiger partial charge in [0.05, 0.1) is 5.69 Å². The molecule has 2 heteroatoms. The number of hydrogen-bond acceptors (Lipinski definition) is 2. The van der Waals surface area contributed by atoms with Crippen molar-refractivity contribution < 1.29 is 4.42 Å². The van der Waals surface area contributed by atoms with Crippen molar-refractivity contribution in [3.63, 3.8) is 0 Å². The van der Waals surface area contributed by atoms with Gasteiger partial charge in [-0.05, 0) is 69.1 Å². The van der Waals surface area contributed by atoms with E-state index in [2.05, 4.69) is 189 Å². The van der Waals surface area contributed by atoms with E-state index in [9.17, 15) is 0 Å². The van der Waals surface area contributed by atoms with Gasteiger partial charge in [0.2, 0.25) is 0 Å². The topological polar surface area (TPSA) is 16.4 Å². The first-order valence-electron chi connectivity index (χ1n) is 17.7. The summed E-state index contributed by atoms with van der Waals surface area (Å²) in [7, 11) is 0. The Morgan fingerprint density at radius 3 is 1.71 bits per heavy atom. The summed E-state index contributed by atoms with van der Waals surface area (Å²) >= 11 is 0. The van der Waals surface area contributed by atoms with Crippen molar-refractivity contribution in [2.45, 2.75) is 19.3 Å². The molecule has 0 radical (unpaired) electrons. The highest BCUT2D eigenvalue weighted by molar-refractivity contribution is 6.16. The zero-order valence-electron chi connectivity index (χ0n) is 28.6. The highest BCUT2D eigenvalue weighted by atomic mass is 16.3. The second-order valence-electron chi connectivity index (χ2n) is 14.1. The fourth-order valence-corrected chi connectivity index (χ4v) is 8.59. The van der Waals surface area contributed by atoms with Crippen LogP contribution in [0.15, 0.2) is 180 Å². The molecule has 0 atom stereocenters. The first-order valence-corrected chi connectivity index (χ1v) is 17.7. The minimum Gasteiger partial charge on any atom is -0.455 e. The van der Waals surface area contributed by atoms with Gasteiger partial charge in [0.15, 0.2) is 0 Å². The molecule has 1 aromatic heterocycles. The lowest BCUT2D eigenvalue weighted by Gasteiger charge is -2.32. The first-order chi connectivity index (χ1) is 25.1. The van der Waals surface area contributed by atoms with Gasteiger partial charge in [-0.1, -0.05) is 159 Å². The molecule has 8 aromatic carbocycles. The molecule has 0 fully saturated rings. The van der Waals surface area contributed by atoms with E-state index >= 15 is 0 Å². The van der Waals surface area contributed by atoms with Gasteiger partial charge in [-0.2, -0.15) is 0 Å². The number of fused-ring (bicyclic) bond motifs is 8. The van der Waals surface area contributed by atoms with Gasteiger partial charge < -0.3 is 9.32 Å². The molecule has 10 rings (SSSR count). The summed E-state index contributed by atoms with van der Waals surface area (Å²) in [5.41, 5.74) is 15.1. The third-order valence-electron chi connectivity index (χ3n) is 10.8.